The molecule has 1 aromatic carbocycles. The van der Waals surface area contributed by atoms with E-state index in [4.69, 9.17) is 0 Å². The molecule has 8 heteroatoms. The standard InChI is InChI=1S/C18H20N4O3S/c1-20-16(13-18(23)22-17(20)7-10-19-22)14-8-11-21(12-9-14)26(24,25)15-5-3-2-4-6-15/h2-7,10,13-14H,8-9,11-12H2,1H3. The number of rotatable bonds is 3. The lowest BCUT2D eigenvalue weighted by Gasteiger charge is -2.32. The van der Waals surface area contributed by atoms with Crippen molar-refractivity contribution in [3.8, 4) is 0 Å². The van der Waals surface area contributed by atoms with Crippen LogP contribution in [0.4, 0.5) is 0 Å². The zero-order valence-corrected chi connectivity index (χ0v) is 15.3. The lowest BCUT2D eigenvalue weighted by atomic mass is 9.94. The number of nitrogens with zero attached hydrogens (tertiary/aromatic N) is 4. The quantitative estimate of drug-likeness (QED) is 0.700. The van der Waals surface area contributed by atoms with E-state index < -0.39 is 10.0 Å². The SMILES string of the molecule is Cn1c(C2CCN(S(=O)(=O)c3ccccc3)CC2)cc(=O)n2nccc12. The average molecular weight is 372 g/mol. The maximum Gasteiger partial charge on any atom is 0.274 e. The molecule has 0 aliphatic carbocycles. The fourth-order valence-corrected chi connectivity index (χ4v) is 5.15. The van der Waals surface area contributed by atoms with Crippen LogP contribution in [0, 0.1) is 0 Å². The van der Waals surface area contributed by atoms with Crippen molar-refractivity contribution >= 4 is 15.7 Å². The zero-order chi connectivity index (χ0) is 18.3. The summed E-state index contributed by atoms with van der Waals surface area (Å²) in [6, 6.07) is 11.9. The number of sulfonamides is 1. The van der Waals surface area contributed by atoms with Crippen LogP contribution in [0.3, 0.4) is 0 Å². The predicted octanol–water partition coefficient (Wildman–Crippen LogP) is 1.60. The molecule has 26 heavy (non-hydrogen) atoms. The number of hydrogen-bond acceptors (Lipinski definition) is 4. The van der Waals surface area contributed by atoms with Crippen LogP contribution >= 0.6 is 0 Å². The van der Waals surface area contributed by atoms with Gasteiger partial charge in [-0.1, -0.05) is 18.2 Å². The Labute approximate surface area is 151 Å². The first-order valence-electron chi connectivity index (χ1n) is 8.57. The number of piperidine rings is 1. The van der Waals surface area contributed by atoms with Crippen molar-refractivity contribution in [1.82, 2.24) is 18.5 Å². The van der Waals surface area contributed by atoms with E-state index in [0.717, 1.165) is 11.3 Å². The van der Waals surface area contributed by atoms with E-state index >= 15 is 0 Å². The Hall–Kier alpha value is -2.45. The lowest BCUT2D eigenvalue weighted by Crippen LogP contribution is -2.38. The minimum atomic E-state index is -3.46. The topological polar surface area (TPSA) is 76.7 Å². The van der Waals surface area contributed by atoms with Gasteiger partial charge in [0.05, 0.1) is 11.1 Å². The molecule has 3 heterocycles. The highest BCUT2D eigenvalue weighted by Crippen LogP contribution is 2.30. The van der Waals surface area contributed by atoms with E-state index in [1.54, 1.807) is 48.7 Å². The van der Waals surface area contributed by atoms with Gasteiger partial charge < -0.3 is 4.57 Å². The van der Waals surface area contributed by atoms with Crippen molar-refractivity contribution in [3.05, 3.63) is 64.7 Å². The van der Waals surface area contributed by atoms with Crippen molar-refractivity contribution < 1.29 is 8.42 Å². The molecule has 0 atom stereocenters. The Bertz CT molecular complexity index is 1090. The fourth-order valence-electron chi connectivity index (χ4n) is 3.66. The Morgan fingerprint density at radius 2 is 1.77 bits per heavy atom. The minimum absolute atomic E-state index is 0.148. The van der Waals surface area contributed by atoms with Gasteiger partial charge in [0.1, 0.15) is 5.65 Å². The van der Waals surface area contributed by atoms with Crippen molar-refractivity contribution in [2.45, 2.75) is 23.7 Å². The molecule has 2 aromatic heterocycles. The highest BCUT2D eigenvalue weighted by Gasteiger charge is 2.30. The van der Waals surface area contributed by atoms with Crippen LogP contribution in [-0.2, 0) is 17.1 Å². The van der Waals surface area contributed by atoms with E-state index in [1.807, 2.05) is 11.6 Å². The number of aromatic nitrogens is 3. The Balaban J connectivity index is 1.58. The molecule has 0 radical (unpaired) electrons. The van der Waals surface area contributed by atoms with Gasteiger partial charge in [0.25, 0.3) is 5.56 Å². The van der Waals surface area contributed by atoms with Gasteiger partial charge in [0.2, 0.25) is 10.0 Å². The van der Waals surface area contributed by atoms with E-state index in [0.29, 0.717) is 30.8 Å². The second kappa shape index (κ2) is 6.37. The second-order valence-electron chi connectivity index (χ2n) is 6.56. The van der Waals surface area contributed by atoms with Crippen LogP contribution in [-0.4, -0.2) is 40.0 Å². The molecule has 1 fully saturated rings. The molecule has 0 amide bonds. The maximum atomic E-state index is 12.8. The predicted molar refractivity (Wildman–Crippen MR) is 97.6 cm³/mol. The summed E-state index contributed by atoms with van der Waals surface area (Å²) in [4.78, 5) is 12.6. The Kier molecular flexibility index (Phi) is 4.16. The molecule has 0 bridgehead atoms. The first kappa shape index (κ1) is 17.0. The van der Waals surface area contributed by atoms with Crippen molar-refractivity contribution in [1.29, 1.82) is 0 Å². The molecular formula is C18H20N4O3S. The van der Waals surface area contributed by atoms with E-state index in [1.165, 1.54) is 8.82 Å². The van der Waals surface area contributed by atoms with Crippen molar-refractivity contribution in [2.24, 2.45) is 7.05 Å². The molecule has 3 aromatic rings. The largest absolute Gasteiger partial charge is 0.333 e. The summed E-state index contributed by atoms with van der Waals surface area (Å²) in [7, 11) is -1.55. The molecule has 1 aliphatic heterocycles. The van der Waals surface area contributed by atoms with Gasteiger partial charge in [-0.05, 0) is 25.0 Å². The summed E-state index contributed by atoms with van der Waals surface area (Å²) in [6.45, 7) is 0.890. The van der Waals surface area contributed by atoms with Gasteiger partial charge in [-0.2, -0.15) is 13.9 Å². The van der Waals surface area contributed by atoms with Crippen LogP contribution in [0.1, 0.15) is 24.5 Å². The molecule has 136 valence electrons. The summed E-state index contributed by atoms with van der Waals surface area (Å²) in [5.74, 6) is 0.148. The van der Waals surface area contributed by atoms with Gasteiger partial charge in [0.15, 0.2) is 0 Å². The van der Waals surface area contributed by atoms with Gasteiger partial charge in [0, 0.05) is 43.9 Å². The molecule has 0 saturated carbocycles. The molecule has 7 nitrogen and oxygen atoms in total. The van der Waals surface area contributed by atoms with Gasteiger partial charge in [-0.15, -0.1) is 0 Å². The third kappa shape index (κ3) is 2.75. The summed E-state index contributed by atoms with van der Waals surface area (Å²) in [5, 5.41) is 4.04. The molecule has 0 spiro atoms. The number of fused-ring (bicyclic) bond motifs is 1. The first-order chi connectivity index (χ1) is 12.5. The lowest BCUT2D eigenvalue weighted by molar-refractivity contribution is 0.313. The number of benzene rings is 1. The highest BCUT2D eigenvalue weighted by atomic mass is 32.2. The van der Waals surface area contributed by atoms with E-state index in [9.17, 15) is 13.2 Å². The summed E-state index contributed by atoms with van der Waals surface area (Å²) in [6.07, 6.45) is 2.98. The smallest absolute Gasteiger partial charge is 0.274 e. The van der Waals surface area contributed by atoms with Crippen molar-refractivity contribution in [2.75, 3.05) is 13.1 Å². The second-order valence-corrected chi connectivity index (χ2v) is 8.50. The third-order valence-corrected chi connectivity index (χ3v) is 7.00. The molecule has 4 rings (SSSR count). The Morgan fingerprint density at radius 1 is 1.08 bits per heavy atom. The summed E-state index contributed by atoms with van der Waals surface area (Å²) >= 11 is 0. The molecule has 0 unspecified atom stereocenters. The highest BCUT2D eigenvalue weighted by molar-refractivity contribution is 7.89. The molecule has 1 saturated heterocycles. The zero-order valence-electron chi connectivity index (χ0n) is 14.4. The van der Waals surface area contributed by atoms with Gasteiger partial charge in [-0.3, -0.25) is 4.79 Å². The normalized spacial score (nSPS) is 17.0. The first-order valence-corrected chi connectivity index (χ1v) is 10.0. The molecule has 1 aliphatic rings. The van der Waals surface area contributed by atoms with Crippen LogP contribution in [0.5, 0.6) is 0 Å². The number of hydrogen-bond donors (Lipinski definition) is 0. The fraction of sp³-hybridized carbons (Fsp3) is 0.333. The van der Waals surface area contributed by atoms with Crippen LogP contribution in [0.25, 0.3) is 5.65 Å². The monoisotopic (exact) mass is 372 g/mol. The van der Waals surface area contributed by atoms with Crippen LogP contribution in [0.2, 0.25) is 0 Å². The van der Waals surface area contributed by atoms with E-state index in [2.05, 4.69) is 5.10 Å². The minimum Gasteiger partial charge on any atom is -0.333 e. The van der Waals surface area contributed by atoms with E-state index in [-0.39, 0.29) is 11.5 Å². The van der Waals surface area contributed by atoms with Crippen molar-refractivity contribution in [3.63, 3.8) is 0 Å². The van der Waals surface area contributed by atoms with Crippen LogP contribution in [0.15, 0.2) is 58.4 Å². The molecular weight excluding hydrogens is 352 g/mol. The third-order valence-electron chi connectivity index (χ3n) is 5.09. The molecule has 0 N–H and O–H groups in total. The van der Waals surface area contributed by atoms with Gasteiger partial charge in [-0.25, -0.2) is 8.42 Å². The maximum absolute atomic E-state index is 12.8. The average Bonchev–Trinajstić information content (AvgIpc) is 3.16. The summed E-state index contributed by atoms with van der Waals surface area (Å²) < 4.78 is 30.4. The van der Waals surface area contributed by atoms with Crippen LogP contribution < -0.4 is 5.56 Å². The number of aryl methyl sites for hydroxylation is 1. The summed E-state index contributed by atoms with van der Waals surface area (Å²) in [5.41, 5.74) is 1.52. The van der Waals surface area contributed by atoms with Gasteiger partial charge >= 0.3 is 0 Å². The Morgan fingerprint density at radius 3 is 2.46 bits per heavy atom.